The summed E-state index contributed by atoms with van der Waals surface area (Å²) in [6.45, 7) is 0.447. The Morgan fingerprint density at radius 3 is 3.05 bits per heavy atom. The maximum atomic E-state index is 11.8. The number of sulfonamides is 1. The van der Waals surface area contributed by atoms with E-state index in [9.17, 15) is 8.42 Å². The van der Waals surface area contributed by atoms with Crippen LogP contribution in [0.2, 0.25) is 0 Å². The summed E-state index contributed by atoms with van der Waals surface area (Å²) in [5.41, 5.74) is 3.97. The van der Waals surface area contributed by atoms with E-state index in [2.05, 4.69) is 15.5 Å². The summed E-state index contributed by atoms with van der Waals surface area (Å²) in [5, 5.41) is 0. The molecule has 0 aromatic heterocycles. The van der Waals surface area contributed by atoms with E-state index >= 15 is 0 Å². The number of hydrogen-bond acceptors (Lipinski definition) is 4. The lowest BCUT2D eigenvalue weighted by molar-refractivity contribution is 0.550. The second-order valence-electron chi connectivity index (χ2n) is 5.18. The monoisotopic (exact) mass is 299 g/mol. The zero-order valence-electron chi connectivity index (χ0n) is 11.2. The fraction of sp³-hybridized carbons (Fsp3) is 0.200. The van der Waals surface area contributed by atoms with Crippen LogP contribution in [0.25, 0.3) is 5.57 Å². The average molecular weight is 299 g/mol. The molecule has 5 nitrogen and oxygen atoms in total. The molecule has 3 aliphatic heterocycles. The van der Waals surface area contributed by atoms with Crippen LogP contribution in [0.1, 0.15) is 11.1 Å². The first-order valence-electron chi connectivity index (χ1n) is 6.76. The molecular formula is C15H13N3O2S. The molecule has 21 heavy (non-hydrogen) atoms. The summed E-state index contributed by atoms with van der Waals surface area (Å²) in [5.74, 6) is 0.578. The van der Waals surface area contributed by atoms with Gasteiger partial charge in [0.1, 0.15) is 0 Å². The SMILES string of the molecule is O=S1(=O)CCN2C=CC=C(c3ccc4c(c3)CC=N4)C2=N1. The normalized spacial score (nSPS) is 21.6. The molecule has 1 aromatic carbocycles. The van der Waals surface area contributed by atoms with Gasteiger partial charge in [-0.25, -0.2) is 8.42 Å². The van der Waals surface area contributed by atoms with Gasteiger partial charge in [0.2, 0.25) is 0 Å². The summed E-state index contributed by atoms with van der Waals surface area (Å²) in [4.78, 5) is 6.18. The summed E-state index contributed by atoms with van der Waals surface area (Å²) in [6, 6.07) is 6.00. The third kappa shape index (κ3) is 2.12. The van der Waals surface area contributed by atoms with E-state index in [0.29, 0.717) is 12.4 Å². The molecule has 0 spiro atoms. The zero-order valence-corrected chi connectivity index (χ0v) is 12.0. The van der Waals surface area contributed by atoms with Gasteiger partial charge in [-0.3, -0.25) is 4.99 Å². The van der Waals surface area contributed by atoms with Crippen LogP contribution in [0.5, 0.6) is 0 Å². The summed E-state index contributed by atoms with van der Waals surface area (Å²) in [6.07, 6.45) is 8.41. The molecule has 0 radical (unpaired) electrons. The molecule has 0 saturated carbocycles. The third-order valence-electron chi connectivity index (χ3n) is 3.79. The van der Waals surface area contributed by atoms with Crippen molar-refractivity contribution in [2.45, 2.75) is 6.42 Å². The Kier molecular flexibility index (Phi) is 2.62. The topological polar surface area (TPSA) is 62.1 Å². The van der Waals surface area contributed by atoms with Gasteiger partial charge in [-0.05, 0) is 35.4 Å². The van der Waals surface area contributed by atoms with E-state index in [1.807, 2.05) is 41.6 Å². The molecule has 0 saturated heterocycles. The van der Waals surface area contributed by atoms with Crippen LogP contribution in [0.3, 0.4) is 0 Å². The van der Waals surface area contributed by atoms with E-state index < -0.39 is 10.0 Å². The van der Waals surface area contributed by atoms with Crippen molar-refractivity contribution in [2.24, 2.45) is 9.39 Å². The molecule has 0 N–H and O–H groups in total. The van der Waals surface area contributed by atoms with Gasteiger partial charge >= 0.3 is 0 Å². The van der Waals surface area contributed by atoms with E-state index in [-0.39, 0.29) is 5.75 Å². The Bertz CT molecular complexity index is 848. The first kappa shape index (κ1) is 12.5. The number of allylic oxidation sites excluding steroid dienone is 2. The minimum atomic E-state index is -3.36. The van der Waals surface area contributed by atoms with Crippen molar-refractivity contribution < 1.29 is 8.42 Å². The van der Waals surface area contributed by atoms with E-state index in [4.69, 9.17) is 0 Å². The summed E-state index contributed by atoms with van der Waals surface area (Å²) >= 11 is 0. The van der Waals surface area contributed by atoms with Gasteiger partial charge in [0.15, 0.2) is 5.84 Å². The van der Waals surface area contributed by atoms with Gasteiger partial charge < -0.3 is 4.90 Å². The highest BCUT2D eigenvalue weighted by atomic mass is 32.2. The third-order valence-corrected chi connectivity index (χ3v) is 4.94. The first-order valence-corrected chi connectivity index (χ1v) is 8.37. The minimum absolute atomic E-state index is 0.0617. The highest BCUT2D eigenvalue weighted by Crippen LogP contribution is 2.31. The number of rotatable bonds is 1. The van der Waals surface area contributed by atoms with Crippen molar-refractivity contribution in [1.29, 1.82) is 0 Å². The van der Waals surface area contributed by atoms with E-state index in [1.54, 1.807) is 0 Å². The van der Waals surface area contributed by atoms with Gasteiger partial charge in [0, 0.05) is 31.0 Å². The Hall–Kier alpha value is -2.21. The van der Waals surface area contributed by atoms with Crippen molar-refractivity contribution in [2.75, 3.05) is 12.3 Å². The number of benzene rings is 1. The molecule has 0 bridgehead atoms. The number of hydrogen-bond donors (Lipinski definition) is 0. The van der Waals surface area contributed by atoms with Crippen molar-refractivity contribution in [1.82, 2.24) is 4.90 Å². The second kappa shape index (κ2) is 4.39. The molecule has 0 atom stereocenters. The smallest absolute Gasteiger partial charge is 0.256 e. The van der Waals surface area contributed by atoms with Crippen molar-refractivity contribution in [3.8, 4) is 0 Å². The van der Waals surface area contributed by atoms with E-state index in [0.717, 1.165) is 28.8 Å². The molecule has 0 aliphatic carbocycles. The van der Waals surface area contributed by atoms with Gasteiger partial charge in [-0.1, -0.05) is 6.07 Å². The van der Waals surface area contributed by atoms with Crippen LogP contribution in [-0.2, 0) is 16.4 Å². The second-order valence-corrected chi connectivity index (χ2v) is 6.93. The minimum Gasteiger partial charge on any atom is -0.331 e. The molecule has 4 rings (SSSR count). The number of aliphatic imine (C=N–C) groups is 1. The average Bonchev–Trinajstić information content (AvgIpc) is 2.93. The molecule has 106 valence electrons. The largest absolute Gasteiger partial charge is 0.331 e. The predicted molar refractivity (Wildman–Crippen MR) is 83.3 cm³/mol. The van der Waals surface area contributed by atoms with Crippen molar-refractivity contribution in [3.63, 3.8) is 0 Å². The molecular weight excluding hydrogens is 286 g/mol. The number of nitrogens with zero attached hydrogens (tertiary/aromatic N) is 3. The van der Waals surface area contributed by atoms with Crippen LogP contribution < -0.4 is 0 Å². The maximum absolute atomic E-state index is 11.8. The van der Waals surface area contributed by atoms with Crippen molar-refractivity contribution in [3.05, 3.63) is 47.7 Å². The van der Waals surface area contributed by atoms with Crippen molar-refractivity contribution >= 4 is 33.3 Å². The lowest BCUT2D eigenvalue weighted by atomic mass is 9.98. The van der Waals surface area contributed by atoms with Crippen LogP contribution in [0.4, 0.5) is 5.69 Å². The van der Waals surface area contributed by atoms with Crippen LogP contribution in [0, 0.1) is 0 Å². The quantitative estimate of drug-likeness (QED) is 0.795. The van der Waals surface area contributed by atoms with Gasteiger partial charge in [0.05, 0.1) is 11.4 Å². The van der Waals surface area contributed by atoms with Crippen LogP contribution >= 0.6 is 0 Å². The fourth-order valence-corrected chi connectivity index (χ4v) is 3.71. The lowest BCUT2D eigenvalue weighted by Gasteiger charge is -2.29. The fourth-order valence-electron chi connectivity index (χ4n) is 2.73. The Balaban J connectivity index is 1.82. The molecule has 3 aliphatic rings. The molecule has 0 unspecified atom stereocenters. The first-order chi connectivity index (χ1) is 10.1. The Labute approximate surface area is 123 Å². The Morgan fingerprint density at radius 2 is 2.14 bits per heavy atom. The summed E-state index contributed by atoms with van der Waals surface area (Å²) in [7, 11) is -3.36. The van der Waals surface area contributed by atoms with Gasteiger partial charge in [-0.2, -0.15) is 0 Å². The summed E-state index contributed by atoms with van der Waals surface area (Å²) < 4.78 is 27.5. The standard InChI is InChI=1S/C15H13N3O2S/c19-21(20)9-8-18-7-1-2-13(15(18)17-21)11-3-4-14-12(10-11)5-6-16-14/h1-4,6-7,10H,5,8-9H2. The highest BCUT2D eigenvalue weighted by Gasteiger charge is 2.27. The molecule has 0 amide bonds. The molecule has 3 heterocycles. The zero-order chi connectivity index (χ0) is 14.4. The highest BCUT2D eigenvalue weighted by molar-refractivity contribution is 7.90. The molecule has 6 heteroatoms. The van der Waals surface area contributed by atoms with Gasteiger partial charge in [-0.15, -0.1) is 4.40 Å². The number of fused-ring (bicyclic) bond motifs is 2. The van der Waals surface area contributed by atoms with E-state index in [1.165, 1.54) is 0 Å². The van der Waals surface area contributed by atoms with Gasteiger partial charge in [0.25, 0.3) is 10.0 Å². The van der Waals surface area contributed by atoms with Crippen LogP contribution in [0.15, 0.2) is 45.9 Å². The predicted octanol–water partition coefficient (Wildman–Crippen LogP) is 1.90. The molecule has 0 fully saturated rings. The Morgan fingerprint density at radius 1 is 1.24 bits per heavy atom. The number of amidine groups is 1. The molecule has 1 aromatic rings. The van der Waals surface area contributed by atoms with Crippen LogP contribution in [-0.4, -0.2) is 37.7 Å². The lowest BCUT2D eigenvalue weighted by Crippen LogP contribution is -2.37. The maximum Gasteiger partial charge on any atom is 0.256 e.